The van der Waals surface area contributed by atoms with Crippen molar-refractivity contribution in [1.29, 1.82) is 0 Å². The lowest BCUT2D eigenvalue weighted by atomic mass is 10.0. The first-order valence-corrected chi connectivity index (χ1v) is 6.18. The molecule has 2 nitrogen and oxygen atoms in total. The summed E-state index contributed by atoms with van der Waals surface area (Å²) in [6, 6.07) is 9.75. The topological polar surface area (TPSA) is 30.0 Å². The molecule has 0 unspecified atom stereocenters. The Hall–Kier alpha value is -1.96. The molecule has 2 aromatic rings. The van der Waals surface area contributed by atoms with E-state index in [9.17, 15) is 4.79 Å². The smallest absolute Gasteiger partial charge is 0.211 e. The molecule has 0 amide bonds. The first-order valence-electron chi connectivity index (χ1n) is 6.18. The van der Waals surface area contributed by atoms with E-state index >= 15 is 0 Å². The summed E-state index contributed by atoms with van der Waals surface area (Å²) in [6.45, 7) is 5.99. The van der Waals surface area contributed by atoms with Gasteiger partial charge in [0.1, 0.15) is 5.69 Å². The van der Waals surface area contributed by atoms with Gasteiger partial charge in [-0.2, -0.15) is 0 Å². The third-order valence-electron chi connectivity index (χ3n) is 3.03. The van der Waals surface area contributed by atoms with Gasteiger partial charge in [0.2, 0.25) is 5.78 Å². The van der Waals surface area contributed by atoms with Crippen molar-refractivity contribution < 1.29 is 4.79 Å². The first-order chi connectivity index (χ1) is 8.61. The van der Waals surface area contributed by atoms with E-state index in [4.69, 9.17) is 0 Å². The molecule has 0 saturated carbocycles. The number of carbonyl (C=O) groups is 1. The second-order valence-electron chi connectivity index (χ2n) is 4.56. The van der Waals surface area contributed by atoms with Gasteiger partial charge in [0.15, 0.2) is 0 Å². The van der Waals surface area contributed by atoms with E-state index in [2.05, 4.69) is 11.9 Å². The summed E-state index contributed by atoms with van der Waals surface area (Å²) in [5.74, 6) is 0.00259. The van der Waals surface area contributed by atoms with Gasteiger partial charge in [0, 0.05) is 11.8 Å². The second kappa shape index (κ2) is 5.13. The molecule has 0 N–H and O–H groups in total. The standard InChI is InChI=1S/C16H17NO/c1-4-13-6-5-7-14(9-13)16(18)15-12(3)8-11(2)10-17-15/h5-10H,4H2,1-3H3. The number of aromatic nitrogens is 1. The van der Waals surface area contributed by atoms with E-state index < -0.39 is 0 Å². The summed E-state index contributed by atoms with van der Waals surface area (Å²) in [5, 5.41) is 0. The molecule has 18 heavy (non-hydrogen) atoms. The Kier molecular flexibility index (Phi) is 3.56. The number of rotatable bonds is 3. The molecule has 0 spiro atoms. The largest absolute Gasteiger partial charge is 0.287 e. The molecule has 0 aliphatic rings. The molecule has 0 aliphatic heterocycles. The van der Waals surface area contributed by atoms with Crippen LogP contribution in [0.5, 0.6) is 0 Å². The fourth-order valence-corrected chi connectivity index (χ4v) is 2.02. The number of carbonyl (C=O) groups excluding carboxylic acids is 1. The maximum atomic E-state index is 12.4. The van der Waals surface area contributed by atoms with Crippen molar-refractivity contribution in [3.8, 4) is 0 Å². The van der Waals surface area contributed by atoms with Crippen molar-refractivity contribution in [2.75, 3.05) is 0 Å². The molecule has 1 aromatic heterocycles. The molecule has 92 valence electrons. The van der Waals surface area contributed by atoms with Gasteiger partial charge in [-0.3, -0.25) is 9.78 Å². The molecular weight excluding hydrogens is 222 g/mol. The highest BCUT2D eigenvalue weighted by Gasteiger charge is 2.13. The van der Waals surface area contributed by atoms with Gasteiger partial charge in [-0.25, -0.2) is 0 Å². The number of hydrogen-bond acceptors (Lipinski definition) is 2. The summed E-state index contributed by atoms with van der Waals surface area (Å²) in [6.07, 6.45) is 2.67. The predicted molar refractivity (Wildman–Crippen MR) is 73.0 cm³/mol. The van der Waals surface area contributed by atoms with Gasteiger partial charge in [-0.05, 0) is 43.0 Å². The van der Waals surface area contributed by atoms with Gasteiger partial charge < -0.3 is 0 Å². The van der Waals surface area contributed by atoms with E-state index in [1.54, 1.807) is 6.20 Å². The van der Waals surface area contributed by atoms with Gasteiger partial charge in [-0.1, -0.05) is 31.2 Å². The Labute approximate surface area is 108 Å². The third kappa shape index (κ3) is 2.48. The van der Waals surface area contributed by atoms with E-state index in [0.29, 0.717) is 11.3 Å². The van der Waals surface area contributed by atoms with Gasteiger partial charge in [-0.15, -0.1) is 0 Å². The summed E-state index contributed by atoms with van der Waals surface area (Å²) in [7, 11) is 0. The molecule has 1 heterocycles. The lowest BCUT2D eigenvalue weighted by Gasteiger charge is -2.06. The van der Waals surface area contributed by atoms with Crippen LogP contribution in [-0.4, -0.2) is 10.8 Å². The van der Waals surface area contributed by atoms with Gasteiger partial charge in [0.05, 0.1) is 0 Å². The lowest BCUT2D eigenvalue weighted by Crippen LogP contribution is -2.07. The zero-order valence-corrected chi connectivity index (χ0v) is 11.0. The maximum Gasteiger partial charge on any atom is 0.211 e. The zero-order chi connectivity index (χ0) is 13.1. The van der Waals surface area contributed by atoms with Crippen LogP contribution in [0.3, 0.4) is 0 Å². The van der Waals surface area contributed by atoms with Gasteiger partial charge >= 0.3 is 0 Å². The second-order valence-corrected chi connectivity index (χ2v) is 4.56. The minimum absolute atomic E-state index is 0.00259. The molecule has 0 fully saturated rings. The van der Waals surface area contributed by atoms with Crippen LogP contribution in [0.25, 0.3) is 0 Å². The van der Waals surface area contributed by atoms with E-state index in [1.807, 2.05) is 44.2 Å². The van der Waals surface area contributed by atoms with Crippen molar-refractivity contribution in [2.45, 2.75) is 27.2 Å². The predicted octanol–water partition coefficient (Wildman–Crippen LogP) is 3.49. The van der Waals surface area contributed by atoms with Crippen LogP contribution in [0.4, 0.5) is 0 Å². The number of hydrogen-bond donors (Lipinski definition) is 0. The zero-order valence-electron chi connectivity index (χ0n) is 11.0. The molecule has 0 aliphatic carbocycles. The number of aryl methyl sites for hydroxylation is 3. The van der Waals surface area contributed by atoms with Crippen molar-refractivity contribution >= 4 is 5.78 Å². The Balaban J connectivity index is 2.41. The van der Waals surface area contributed by atoms with Crippen LogP contribution >= 0.6 is 0 Å². The van der Waals surface area contributed by atoms with Crippen LogP contribution < -0.4 is 0 Å². The van der Waals surface area contributed by atoms with Crippen molar-refractivity contribution in [3.05, 3.63) is 64.5 Å². The highest BCUT2D eigenvalue weighted by atomic mass is 16.1. The SMILES string of the molecule is CCc1cccc(C(=O)c2ncc(C)cc2C)c1. The van der Waals surface area contributed by atoms with Crippen molar-refractivity contribution in [2.24, 2.45) is 0 Å². The summed E-state index contributed by atoms with van der Waals surface area (Å²) in [5.41, 5.74) is 4.45. The summed E-state index contributed by atoms with van der Waals surface area (Å²) >= 11 is 0. The van der Waals surface area contributed by atoms with Crippen LogP contribution in [0.2, 0.25) is 0 Å². The molecule has 2 heteroatoms. The normalized spacial score (nSPS) is 10.4. The van der Waals surface area contributed by atoms with Gasteiger partial charge in [0.25, 0.3) is 0 Å². The number of nitrogens with zero attached hydrogens (tertiary/aromatic N) is 1. The fraction of sp³-hybridized carbons (Fsp3) is 0.250. The molecule has 1 aromatic carbocycles. The Morgan fingerprint density at radius 1 is 1.22 bits per heavy atom. The molecular formula is C16H17NO. The number of pyridine rings is 1. The highest BCUT2D eigenvalue weighted by Crippen LogP contribution is 2.14. The lowest BCUT2D eigenvalue weighted by molar-refractivity contribution is 0.103. The average molecular weight is 239 g/mol. The molecule has 2 rings (SSSR count). The van der Waals surface area contributed by atoms with Crippen LogP contribution in [0.15, 0.2) is 36.5 Å². The van der Waals surface area contributed by atoms with Crippen LogP contribution in [-0.2, 0) is 6.42 Å². The molecule has 0 bridgehead atoms. The van der Waals surface area contributed by atoms with E-state index in [-0.39, 0.29) is 5.78 Å². The summed E-state index contributed by atoms with van der Waals surface area (Å²) < 4.78 is 0. The minimum atomic E-state index is 0.00259. The first kappa shape index (κ1) is 12.5. The number of benzene rings is 1. The van der Waals surface area contributed by atoms with E-state index in [1.165, 1.54) is 5.56 Å². The quantitative estimate of drug-likeness (QED) is 0.767. The fourth-order valence-electron chi connectivity index (χ4n) is 2.02. The monoisotopic (exact) mass is 239 g/mol. The Morgan fingerprint density at radius 3 is 2.67 bits per heavy atom. The van der Waals surface area contributed by atoms with Crippen molar-refractivity contribution in [1.82, 2.24) is 4.98 Å². The van der Waals surface area contributed by atoms with Crippen LogP contribution in [0, 0.1) is 13.8 Å². The molecule has 0 radical (unpaired) electrons. The Morgan fingerprint density at radius 2 is 2.00 bits per heavy atom. The minimum Gasteiger partial charge on any atom is -0.287 e. The highest BCUT2D eigenvalue weighted by molar-refractivity contribution is 6.08. The Bertz CT molecular complexity index is 587. The summed E-state index contributed by atoms with van der Waals surface area (Å²) in [4.78, 5) is 16.6. The number of ketones is 1. The maximum absolute atomic E-state index is 12.4. The average Bonchev–Trinajstić information content (AvgIpc) is 2.38. The van der Waals surface area contributed by atoms with E-state index in [0.717, 1.165) is 17.5 Å². The van der Waals surface area contributed by atoms with Crippen molar-refractivity contribution in [3.63, 3.8) is 0 Å². The molecule has 0 saturated heterocycles. The third-order valence-corrected chi connectivity index (χ3v) is 3.03. The van der Waals surface area contributed by atoms with Crippen LogP contribution in [0.1, 0.15) is 39.7 Å². The molecule has 0 atom stereocenters.